The highest BCUT2D eigenvalue weighted by Gasteiger charge is 2.30. The van der Waals surface area contributed by atoms with Crippen LogP contribution in [0.2, 0.25) is 0 Å². The molecule has 3 N–H and O–H groups in total. The molecule has 4 nitrogen and oxygen atoms in total. The van der Waals surface area contributed by atoms with E-state index in [4.69, 9.17) is 10.5 Å². The van der Waals surface area contributed by atoms with Crippen LogP contribution in [0.5, 0.6) is 0 Å². The van der Waals surface area contributed by atoms with E-state index in [2.05, 4.69) is 19.2 Å². The van der Waals surface area contributed by atoms with Crippen molar-refractivity contribution in [2.45, 2.75) is 39.2 Å². The normalized spacial score (nSPS) is 25.0. The molecule has 1 saturated heterocycles. The predicted molar refractivity (Wildman–Crippen MR) is 64.0 cm³/mol. The van der Waals surface area contributed by atoms with E-state index in [1.807, 2.05) is 0 Å². The van der Waals surface area contributed by atoms with E-state index in [9.17, 15) is 4.79 Å². The van der Waals surface area contributed by atoms with Crippen molar-refractivity contribution in [2.75, 3.05) is 19.7 Å². The Bertz CT molecular complexity index is 219. The third-order valence-corrected chi connectivity index (χ3v) is 3.09. The van der Waals surface area contributed by atoms with Gasteiger partial charge in [-0.1, -0.05) is 13.8 Å². The van der Waals surface area contributed by atoms with Crippen molar-refractivity contribution in [1.29, 1.82) is 0 Å². The Morgan fingerprint density at radius 2 is 2.31 bits per heavy atom. The molecule has 2 atom stereocenters. The fourth-order valence-corrected chi connectivity index (χ4v) is 2.21. The maximum absolute atomic E-state index is 11.4. The second-order valence-corrected chi connectivity index (χ2v) is 4.82. The minimum absolute atomic E-state index is 0.111. The first-order valence-electron chi connectivity index (χ1n) is 6.23. The smallest absolute Gasteiger partial charge is 0.220 e. The Morgan fingerprint density at radius 1 is 1.56 bits per heavy atom. The number of carbonyl (C=O) groups excluding carboxylic acids is 1. The van der Waals surface area contributed by atoms with Crippen LogP contribution in [-0.4, -0.2) is 31.7 Å². The van der Waals surface area contributed by atoms with Gasteiger partial charge >= 0.3 is 0 Å². The van der Waals surface area contributed by atoms with Crippen molar-refractivity contribution in [1.82, 2.24) is 5.32 Å². The molecule has 0 bridgehead atoms. The fourth-order valence-electron chi connectivity index (χ4n) is 2.21. The molecule has 1 fully saturated rings. The third-order valence-electron chi connectivity index (χ3n) is 3.09. The summed E-state index contributed by atoms with van der Waals surface area (Å²) < 4.78 is 5.67. The van der Waals surface area contributed by atoms with Gasteiger partial charge in [-0.05, 0) is 25.3 Å². The van der Waals surface area contributed by atoms with Crippen LogP contribution in [0.3, 0.4) is 0 Å². The van der Waals surface area contributed by atoms with E-state index in [0.29, 0.717) is 30.9 Å². The van der Waals surface area contributed by atoms with Crippen LogP contribution in [0.25, 0.3) is 0 Å². The number of rotatable bonds is 6. The molecule has 16 heavy (non-hydrogen) atoms. The number of hydrogen-bond donors (Lipinski definition) is 2. The van der Waals surface area contributed by atoms with E-state index in [1.165, 1.54) is 0 Å². The van der Waals surface area contributed by atoms with Crippen LogP contribution in [0.1, 0.15) is 33.1 Å². The summed E-state index contributed by atoms with van der Waals surface area (Å²) >= 11 is 0. The number of carbonyl (C=O) groups is 1. The van der Waals surface area contributed by atoms with E-state index in [1.54, 1.807) is 0 Å². The molecular formula is C12H24N2O2. The highest BCUT2D eigenvalue weighted by Crippen LogP contribution is 2.25. The predicted octanol–water partition coefficient (Wildman–Crippen LogP) is 0.903. The van der Waals surface area contributed by atoms with Gasteiger partial charge < -0.3 is 15.8 Å². The topological polar surface area (TPSA) is 64.3 Å². The molecule has 0 aromatic carbocycles. The van der Waals surface area contributed by atoms with Gasteiger partial charge in [0, 0.05) is 25.5 Å². The van der Waals surface area contributed by atoms with Gasteiger partial charge in [0.05, 0.1) is 6.10 Å². The zero-order chi connectivity index (χ0) is 12.0. The Kier molecular flexibility index (Phi) is 5.77. The van der Waals surface area contributed by atoms with Crippen molar-refractivity contribution < 1.29 is 9.53 Å². The maximum atomic E-state index is 11.4. The van der Waals surface area contributed by atoms with Crippen molar-refractivity contribution >= 4 is 5.91 Å². The zero-order valence-corrected chi connectivity index (χ0v) is 10.4. The van der Waals surface area contributed by atoms with Crippen LogP contribution in [0.15, 0.2) is 0 Å². The van der Waals surface area contributed by atoms with E-state index in [-0.39, 0.29) is 5.91 Å². The molecule has 4 heteroatoms. The van der Waals surface area contributed by atoms with E-state index in [0.717, 1.165) is 26.0 Å². The number of ether oxygens (including phenoxy) is 1. The Morgan fingerprint density at radius 3 is 2.94 bits per heavy atom. The van der Waals surface area contributed by atoms with Crippen LogP contribution >= 0.6 is 0 Å². The second kappa shape index (κ2) is 6.86. The molecule has 94 valence electrons. The maximum Gasteiger partial charge on any atom is 0.220 e. The van der Waals surface area contributed by atoms with Gasteiger partial charge in [-0.15, -0.1) is 0 Å². The van der Waals surface area contributed by atoms with Crippen molar-refractivity contribution in [2.24, 2.45) is 17.6 Å². The fraction of sp³-hybridized carbons (Fsp3) is 0.917. The minimum atomic E-state index is 0.111. The molecule has 0 radical (unpaired) electrons. The SMILES string of the molecule is CC(C)C1OCCC1CNC(=O)CCCN. The quantitative estimate of drug-likeness (QED) is 0.710. The number of nitrogens with one attached hydrogen (secondary N) is 1. The first kappa shape index (κ1) is 13.5. The van der Waals surface area contributed by atoms with Gasteiger partial charge in [-0.2, -0.15) is 0 Å². The number of amides is 1. The van der Waals surface area contributed by atoms with E-state index >= 15 is 0 Å². The summed E-state index contributed by atoms with van der Waals surface area (Å²) in [5.74, 6) is 1.11. The summed E-state index contributed by atoms with van der Waals surface area (Å²) in [5.41, 5.74) is 5.36. The van der Waals surface area contributed by atoms with Crippen molar-refractivity contribution in [3.8, 4) is 0 Å². The average molecular weight is 228 g/mol. The summed E-state index contributed by atoms with van der Waals surface area (Å²) in [6, 6.07) is 0. The molecule has 0 aliphatic carbocycles. The van der Waals surface area contributed by atoms with Gasteiger partial charge in [-0.25, -0.2) is 0 Å². The monoisotopic (exact) mass is 228 g/mol. The average Bonchev–Trinajstić information content (AvgIpc) is 2.71. The van der Waals surface area contributed by atoms with Crippen LogP contribution in [0, 0.1) is 11.8 Å². The Hall–Kier alpha value is -0.610. The van der Waals surface area contributed by atoms with Crippen molar-refractivity contribution in [3.63, 3.8) is 0 Å². The van der Waals surface area contributed by atoms with Crippen molar-refractivity contribution in [3.05, 3.63) is 0 Å². The highest BCUT2D eigenvalue weighted by atomic mass is 16.5. The third kappa shape index (κ3) is 4.10. The largest absolute Gasteiger partial charge is 0.378 e. The molecule has 1 heterocycles. The molecule has 0 spiro atoms. The summed E-state index contributed by atoms with van der Waals surface area (Å²) in [4.78, 5) is 11.4. The first-order valence-corrected chi connectivity index (χ1v) is 6.23. The zero-order valence-electron chi connectivity index (χ0n) is 10.4. The Balaban J connectivity index is 2.23. The van der Waals surface area contributed by atoms with Gasteiger partial charge in [0.2, 0.25) is 5.91 Å². The first-order chi connectivity index (χ1) is 7.65. The van der Waals surface area contributed by atoms with Gasteiger partial charge in [0.1, 0.15) is 0 Å². The minimum Gasteiger partial charge on any atom is -0.378 e. The molecule has 1 rings (SSSR count). The van der Waals surface area contributed by atoms with Crippen LogP contribution < -0.4 is 11.1 Å². The molecule has 0 aromatic heterocycles. The number of hydrogen-bond acceptors (Lipinski definition) is 3. The summed E-state index contributed by atoms with van der Waals surface area (Å²) in [7, 11) is 0. The summed E-state index contributed by atoms with van der Waals surface area (Å²) in [6.07, 6.45) is 2.66. The highest BCUT2D eigenvalue weighted by molar-refractivity contribution is 5.75. The second-order valence-electron chi connectivity index (χ2n) is 4.82. The standard InChI is InChI=1S/C12H24N2O2/c1-9(2)12-10(5-7-16-12)8-14-11(15)4-3-6-13/h9-10,12H,3-8,13H2,1-2H3,(H,14,15). The van der Waals surface area contributed by atoms with Crippen LogP contribution in [-0.2, 0) is 9.53 Å². The molecule has 1 aliphatic heterocycles. The van der Waals surface area contributed by atoms with E-state index < -0.39 is 0 Å². The van der Waals surface area contributed by atoms with Crippen LogP contribution in [0.4, 0.5) is 0 Å². The lowest BCUT2D eigenvalue weighted by molar-refractivity contribution is -0.121. The lowest BCUT2D eigenvalue weighted by atomic mass is 9.93. The number of nitrogens with two attached hydrogens (primary N) is 1. The van der Waals surface area contributed by atoms with Gasteiger partial charge in [0.25, 0.3) is 0 Å². The molecule has 0 aromatic rings. The molecule has 1 aliphatic rings. The molecular weight excluding hydrogens is 204 g/mol. The van der Waals surface area contributed by atoms with Gasteiger partial charge in [-0.3, -0.25) is 4.79 Å². The molecule has 1 amide bonds. The summed E-state index contributed by atoms with van der Waals surface area (Å²) in [5, 5.41) is 2.97. The lowest BCUT2D eigenvalue weighted by Crippen LogP contribution is -2.34. The molecule has 2 unspecified atom stereocenters. The summed E-state index contributed by atoms with van der Waals surface area (Å²) in [6.45, 7) is 6.48. The van der Waals surface area contributed by atoms with Gasteiger partial charge in [0.15, 0.2) is 0 Å². The Labute approximate surface area is 97.9 Å². The molecule has 0 saturated carbocycles. The lowest BCUT2D eigenvalue weighted by Gasteiger charge is -2.22.